The number of carbonyl (C=O) groups is 4. The molecular weight excluding hydrogens is 469 g/mol. The van der Waals surface area contributed by atoms with E-state index in [1.807, 2.05) is 0 Å². The number of alkyl halides is 3. The van der Waals surface area contributed by atoms with Crippen LogP contribution in [0.5, 0.6) is 5.75 Å². The molecule has 0 heterocycles. The monoisotopic (exact) mass is 494 g/mol. The maximum absolute atomic E-state index is 12.7. The number of esters is 1. The zero-order valence-electron chi connectivity index (χ0n) is 18.9. The van der Waals surface area contributed by atoms with E-state index in [1.165, 1.54) is 31.2 Å². The molecule has 1 atom stereocenters. The van der Waals surface area contributed by atoms with Crippen LogP contribution in [0.1, 0.15) is 39.6 Å². The molecule has 0 aromatic heterocycles. The number of rotatable bonds is 12. The molecule has 0 aliphatic carbocycles. The van der Waals surface area contributed by atoms with Crippen LogP contribution in [0.3, 0.4) is 0 Å². The van der Waals surface area contributed by atoms with Gasteiger partial charge in [-0.1, -0.05) is 24.3 Å². The fourth-order valence-electron chi connectivity index (χ4n) is 2.90. The lowest BCUT2D eigenvalue weighted by atomic mass is 10.0. The normalized spacial score (nSPS) is 11.8. The second-order valence-electron chi connectivity index (χ2n) is 7.46. The van der Waals surface area contributed by atoms with Gasteiger partial charge in [0.15, 0.2) is 0 Å². The van der Waals surface area contributed by atoms with Crippen molar-refractivity contribution in [1.29, 1.82) is 0 Å². The van der Waals surface area contributed by atoms with Gasteiger partial charge in [0.05, 0.1) is 19.6 Å². The van der Waals surface area contributed by atoms with E-state index < -0.39 is 43.0 Å². The van der Waals surface area contributed by atoms with Crippen LogP contribution < -0.4 is 15.4 Å². The van der Waals surface area contributed by atoms with Crippen LogP contribution in [0.15, 0.2) is 48.5 Å². The van der Waals surface area contributed by atoms with Crippen LogP contribution in [0, 0.1) is 0 Å². The highest BCUT2D eigenvalue weighted by Crippen LogP contribution is 2.20. The van der Waals surface area contributed by atoms with Gasteiger partial charge in [-0.15, -0.1) is 0 Å². The predicted molar refractivity (Wildman–Crippen MR) is 119 cm³/mol. The van der Waals surface area contributed by atoms with Crippen molar-refractivity contribution < 1.29 is 41.8 Å². The first-order valence-electron chi connectivity index (χ1n) is 10.6. The van der Waals surface area contributed by atoms with Crippen LogP contribution in [-0.4, -0.2) is 56.0 Å². The second-order valence-corrected chi connectivity index (χ2v) is 7.46. The van der Waals surface area contributed by atoms with Crippen LogP contribution in [0.2, 0.25) is 0 Å². The summed E-state index contributed by atoms with van der Waals surface area (Å²) in [6.45, 7) is 0.693. The van der Waals surface area contributed by atoms with E-state index in [9.17, 15) is 32.3 Å². The molecule has 0 spiro atoms. The third-order valence-corrected chi connectivity index (χ3v) is 4.65. The molecule has 0 aliphatic rings. The molecule has 2 amide bonds. The molecule has 0 aliphatic heterocycles. The summed E-state index contributed by atoms with van der Waals surface area (Å²) < 4.78 is 46.5. The van der Waals surface area contributed by atoms with Crippen molar-refractivity contribution in [3.63, 3.8) is 0 Å². The third kappa shape index (κ3) is 10.3. The van der Waals surface area contributed by atoms with Gasteiger partial charge in [0.2, 0.25) is 5.91 Å². The standard InChI is InChI=1S/C24H25F3N2O6/c1-16(31)34-13-11-28-23(33)21(14-17-2-4-18(15-30)5-3-17)29-22(32)19-6-8-20(9-7-19)35-12-10-24(25,26)27/h2-9,15,21H,10-14H2,1H3,(H,28,33)(H,29,32)/t21-/m0/s1. The van der Waals surface area contributed by atoms with E-state index >= 15 is 0 Å². The molecule has 0 saturated heterocycles. The minimum Gasteiger partial charge on any atom is -0.493 e. The molecule has 11 heteroatoms. The second kappa shape index (κ2) is 13.1. The molecule has 2 N–H and O–H groups in total. The Labute approximate surface area is 199 Å². The number of benzene rings is 2. The van der Waals surface area contributed by atoms with E-state index in [1.54, 1.807) is 24.3 Å². The van der Waals surface area contributed by atoms with Gasteiger partial charge < -0.3 is 20.1 Å². The Hall–Kier alpha value is -3.89. The first-order valence-corrected chi connectivity index (χ1v) is 10.6. The average Bonchev–Trinajstić information content (AvgIpc) is 2.81. The van der Waals surface area contributed by atoms with Crippen LogP contribution >= 0.6 is 0 Å². The minimum absolute atomic E-state index is 0.0361. The molecule has 8 nitrogen and oxygen atoms in total. The van der Waals surface area contributed by atoms with Gasteiger partial charge in [-0.2, -0.15) is 13.2 Å². The van der Waals surface area contributed by atoms with E-state index in [-0.39, 0.29) is 30.9 Å². The van der Waals surface area contributed by atoms with Gasteiger partial charge >= 0.3 is 12.1 Å². The lowest BCUT2D eigenvalue weighted by Crippen LogP contribution is -2.48. The third-order valence-electron chi connectivity index (χ3n) is 4.65. The summed E-state index contributed by atoms with van der Waals surface area (Å²) in [5, 5.41) is 5.21. The van der Waals surface area contributed by atoms with Crippen molar-refractivity contribution in [1.82, 2.24) is 10.6 Å². The first-order chi connectivity index (χ1) is 16.6. The van der Waals surface area contributed by atoms with Crippen LogP contribution in [0.4, 0.5) is 13.2 Å². The summed E-state index contributed by atoms with van der Waals surface area (Å²) in [5.41, 5.74) is 1.31. The fraction of sp³-hybridized carbons (Fsp3) is 0.333. The highest BCUT2D eigenvalue weighted by Gasteiger charge is 2.27. The van der Waals surface area contributed by atoms with Crippen molar-refractivity contribution in [2.24, 2.45) is 0 Å². The molecule has 2 rings (SSSR count). The Kier molecular flexibility index (Phi) is 10.2. The molecule has 2 aromatic carbocycles. The molecule has 0 saturated carbocycles. The summed E-state index contributed by atoms with van der Waals surface area (Å²) in [5.74, 6) is -1.43. The number of aldehydes is 1. The van der Waals surface area contributed by atoms with E-state index in [0.717, 1.165) is 0 Å². The molecule has 0 bridgehead atoms. The Morgan fingerprint density at radius 2 is 1.66 bits per heavy atom. The summed E-state index contributed by atoms with van der Waals surface area (Å²) >= 11 is 0. The Morgan fingerprint density at radius 3 is 2.23 bits per heavy atom. The predicted octanol–water partition coefficient (Wildman–Crippen LogP) is 2.85. The van der Waals surface area contributed by atoms with E-state index in [4.69, 9.17) is 9.47 Å². The number of nitrogens with one attached hydrogen (secondary N) is 2. The van der Waals surface area contributed by atoms with Gasteiger partial charge in [0, 0.05) is 24.5 Å². The summed E-state index contributed by atoms with van der Waals surface area (Å²) in [6.07, 6.45) is -4.64. The number of hydrogen-bond donors (Lipinski definition) is 2. The van der Waals surface area contributed by atoms with Crippen molar-refractivity contribution in [3.8, 4) is 5.75 Å². The quantitative estimate of drug-likeness (QED) is 0.267. The fourth-order valence-corrected chi connectivity index (χ4v) is 2.90. The number of hydrogen-bond acceptors (Lipinski definition) is 6. The van der Waals surface area contributed by atoms with Gasteiger partial charge in [-0.05, 0) is 29.8 Å². The highest BCUT2D eigenvalue weighted by molar-refractivity contribution is 5.97. The van der Waals surface area contributed by atoms with Gasteiger partial charge in [0.1, 0.15) is 24.7 Å². The van der Waals surface area contributed by atoms with Crippen LogP contribution in [0.25, 0.3) is 0 Å². The smallest absolute Gasteiger partial charge is 0.392 e. The van der Waals surface area contributed by atoms with Crippen molar-refractivity contribution in [2.75, 3.05) is 19.8 Å². The number of carbonyl (C=O) groups excluding carboxylic acids is 4. The molecule has 0 fully saturated rings. The molecule has 188 valence electrons. The minimum atomic E-state index is -4.33. The van der Waals surface area contributed by atoms with Gasteiger partial charge in [0.25, 0.3) is 5.91 Å². The van der Waals surface area contributed by atoms with E-state index in [2.05, 4.69) is 10.6 Å². The Balaban J connectivity index is 2.04. The van der Waals surface area contributed by atoms with Crippen LogP contribution in [-0.2, 0) is 20.7 Å². The summed E-state index contributed by atoms with van der Waals surface area (Å²) in [7, 11) is 0. The molecule has 2 aromatic rings. The van der Waals surface area contributed by atoms with Gasteiger partial charge in [-0.25, -0.2) is 0 Å². The number of amides is 2. The lowest BCUT2D eigenvalue weighted by molar-refractivity contribution is -0.141. The average molecular weight is 494 g/mol. The molecule has 35 heavy (non-hydrogen) atoms. The highest BCUT2D eigenvalue weighted by atomic mass is 19.4. The largest absolute Gasteiger partial charge is 0.493 e. The summed E-state index contributed by atoms with van der Waals surface area (Å²) in [4.78, 5) is 47.2. The Morgan fingerprint density at radius 1 is 1.00 bits per heavy atom. The van der Waals surface area contributed by atoms with Crippen molar-refractivity contribution in [2.45, 2.75) is 32.0 Å². The molecular formula is C24H25F3N2O6. The maximum atomic E-state index is 12.7. The SMILES string of the molecule is CC(=O)OCCNC(=O)[C@H](Cc1ccc(C=O)cc1)NC(=O)c1ccc(OCCC(F)(F)F)cc1. The summed E-state index contributed by atoms with van der Waals surface area (Å²) in [6, 6.07) is 10.9. The lowest BCUT2D eigenvalue weighted by Gasteiger charge is -2.19. The van der Waals surface area contributed by atoms with E-state index in [0.29, 0.717) is 17.4 Å². The molecule has 0 radical (unpaired) electrons. The number of ether oxygens (including phenoxy) is 2. The molecule has 0 unspecified atom stereocenters. The zero-order chi connectivity index (χ0) is 25.8. The van der Waals surface area contributed by atoms with Crippen molar-refractivity contribution >= 4 is 24.1 Å². The van der Waals surface area contributed by atoms with Gasteiger partial charge in [-0.3, -0.25) is 19.2 Å². The topological polar surface area (TPSA) is 111 Å². The van der Waals surface area contributed by atoms with Crippen molar-refractivity contribution in [3.05, 3.63) is 65.2 Å². The zero-order valence-corrected chi connectivity index (χ0v) is 18.9. The Bertz CT molecular complexity index is 1010. The first kappa shape index (κ1) is 27.4. The number of halogens is 3. The maximum Gasteiger partial charge on any atom is 0.392 e.